The summed E-state index contributed by atoms with van der Waals surface area (Å²) in [6, 6.07) is 5.23. The number of hydrogen-bond donors (Lipinski definition) is 2. The van der Waals surface area contributed by atoms with E-state index in [0.29, 0.717) is 5.56 Å². The number of carboxylic acids is 1. The second-order valence-corrected chi connectivity index (χ2v) is 4.13. The van der Waals surface area contributed by atoms with Gasteiger partial charge in [-0.2, -0.15) is 0 Å². The molecule has 0 heterocycles. The summed E-state index contributed by atoms with van der Waals surface area (Å²) >= 11 is 0.900. The highest BCUT2D eigenvalue weighted by Crippen LogP contribution is 2.28. The largest absolute Gasteiger partial charge is 0.481 e. The van der Waals surface area contributed by atoms with Gasteiger partial charge in [0, 0.05) is 0 Å². The number of amides is 1. The van der Waals surface area contributed by atoms with Gasteiger partial charge in [-0.3, -0.25) is 9.59 Å². The van der Waals surface area contributed by atoms with E-state index in [1.54, 1.807) is 0 Å². The van der Waals surface area contributed by atoms with Crippen LogP contribution in [0.3, 0.4) is 0 Å². The fourth-order valence-corrected chi connectivity index (χ4v) is 1.96. The van der Waals surface area contributed by atoms with Crippen LogP contribution in [0.4, 0.5) is 4.39 Å². The van der Waals surface area contributed by atoms with Crippen molar-refractivity contribution in [1.29, 1.82) is 0 Å². The lowest BCUT2D eigenvalue weighted by Gasteiger charge is -2.11. The maximum Gasteiger partial charge on any atom is 0.313 e. The third-order valence-electron chi connectivity index (χ3n) is 1.80. The molecule has 1 aromatic carbocycles. The Morgan fingerprint density at radius 1 is 1.38 bits per heavy atom. The molecule has 0 saturated heterocycles. The summed E-state index contributed by atoms with van der Waals surface area (Å²) in [4.78, 5) is 21.5. The van der Waals surface area contributed by atoms with Crippen LogP contribution in [0.2, 0.25) is 0 Å². The van der Waals surface area contributed by atoms with Crippen LogP contribution in [-0.4, -0.2) is 22.7 Å². The molecule has 0 aliphatic heterocycles. The summed E-state index contributed by atoms with van der Waals surface area (Å²) in [5.41, 5.74) is 5.65. The zero-order valence-corrected chi connectivity index (χ0v) is 9.04. The zero-order valence-electron chi connectivity index (χ0n) is 8.22. The Kier molecular flexibility index (Phi) is 4.30. The molecule has 0 aliphatic carbocycles. The number of thioether (sulfide) groups is 1. The molecule has 0 aliphatic rings. The number of rotatable bonds is 5. The van der Waals surface area contributed by atoms with Gasteiger partial charge in [-0.1, -0.05) is 12.1 Å². The molecule has 1 unspecified atom stereocenters. The van der Waals surface area contributed by atoms with Crippen molar-refractivity contribution in [3.63, 3.8) is 0 Å². The molecule has 0 radical (unpaired) electrons. The number of halogens is 1. The van der Waals surface area contributed by atoms with E-state index in [-0.39, 0.29) is 5.75 Å². The van der Waals surface area contributed by atoms with Crippen LogP contribution < -0.4 is 5.73 Å². The lowest BCUT2D eigenvalue weighted by Crippen LogP contribution is -2.20. The minimum absolute atomic E-state index is 0.231. The molecule has 3 N–H and O–H groups in total. The van der Waals surface area contributed by atoms with Crippen LogP contribution in [0, 0.1) is 5.82 Å². The van der Waals surface area contributed by atoms with Crippen molar-refractivity contribution in [1.82, 2.24) is 0 Å². The summed E-state index contributed by atoms with van der Waals surface area (Å²) in [5.74, 6) is -2.32. The van der Waals surface area contributed by atoms with Gasteiger partial charge in [0.2, 0.25) is 5.91 Å². The molecule has 1 amide bonds. The molecule has 4 nitrogen and oxygen atoms in total. The number of carbonyl (C=O) groups excluding carboxylic acids is 1. The maximum absolute atomic E-state index is 12.6. The molecular weight excluding hydrogens is 233 g/mol. The van der Waals surface area contributed by atoms with Gasteiger partial charge in [-0.15, -0.1) is 11.8 Å². The van der Waals surface area contributed by atoms with Gasteiger partial charge < -0.3 is 10.8 Å². The molecule has 16 heavy (non-hydrogen) atoms. The second-order valence-electron chi connectivity index (χ2n) is 3.04. The Bertz CT molecular complexity index is 394. The average Bonchev–Trinajstić information content (AvgIpc) is 2.20. The van der Waals surface area contributed by atoms with E-state index in [1.165, 1.54) is 24.3 Å². The van der Waals surface area contributed by atoms with Gasteiger partial charge >= 0.3 is 5.97 Å². The van der Waals surface area contributed by atoms with E-state index < -0.39 is 22.9 Å². The predicted octanol–water partition coefficient (Wildman–Crippen LogP) is 1.17. The fourth-order valence-electron chi connectivity index (χ4n) is 1.13. The molecule has 86 valence electrons. The quantitative estimate of drug-likeness (QED) is 0.813. The number of aliphatic carboxylic acids is 1. The first-order valence-corrected chi connectivity index (χ1v) is 5.43. The van der Waals surface area contributed by atoms with Gasteiger partial charge in [-0.05, 0) is 17.7 Å². The molecule has 0 spiro atoms. The Balaban J connectivity index is 2.81. The van der Waals surface area contributed by atoms with Gasteiger partial charge in [0.1, 0.15) is 11.1 Å². The highest BCUT2D eigenvalue weighted by atomic mass is 32.2. The summed E-state index contributed by atoms with van der Waals surface area (Å²) in [6.45, 7) is 0. The Morgan fingerprint density at radius 3 is 2.38 bits per heavy atom. The molecule has 1 aromatic rings. The van der Waals surface area contributed by atoms with E-state index in [0.717, 1.165) is 11.8 Å². The highest BCUT2D eigenvalue weighted by Gasteiger charge is 2.19. The third kappa shape index (κ3) is 3.54. The number of hydrogen-bond acceptors (Lipinski definition) is 3. The number of primary amides is 1. The SMILES string of the molecule is NC(=O)C(SCC(=O)O)c1ccc(F)cc1. The van der Waals surface area contributed by atoms with Crippen LogP contribution in [0.15, 0.2) is 24.3 Å². The summed E-state index contributed by atoms with van der Waals surface area (Å²) in [7, 11) is 0. The Morgan fingerprint density at radius 2 is 1.94 bits per heavy atom. The van der Waals surface area contributed by atoms with E-state index in [1.807, 2.05) is 0 Å². The van der Waals surface area contributed by atoms with E-state index >= 15 is 0 Å². The average molecular weight is 243 g/mol. The van der Waals surface area contributed by atoms with Crippen LogP contribution in [-0.2, 0) is 9.59 Å². The molecule has 1 rings (SSSR count). The minimum atomic E-state index is -1.03. The molecular formula is C10H10FNO3S. The number of nitrogens with two attached hydrogens (primary N) is 1. The Labute approximate surface area is 95.6 Å². The number of carbonyl (C=O) groups is 2. The standard InChI is InChI=1S/C10H10FNO3S/c11-7-3-1-6(2-4-7)9(10(12)15)16-5-8(13)14/h1-4,9H,5H2,(H2,12,15)(H,13,14). The van der Waals surface area contributed by atoms with Crippen LogP contribution in [0.25, 0.3) is 0 Å². The molecule has 0 fully saturated rings. The van der Waals surface area contributed by atoms with Crippen molar-refractivity contribution in [3.8, 4) is 0 Å². The van der Waals surface area contributed by atoms with Crippen molar-refractivity contribution >= 4 is 23.6 Å². The van der Waals surface area contributed by atoms with Gasteiger partial charge in [0.25, 0.3) is 0 Å². The third-order valence-corrected chi connectivity index (χ3v) is 3.06. The minimum Gasteiger partial charge on any atom is -0.481 e. The Hall–Kier alpha value is -1.56. The van der Waals surface area contributed by atoms with Crippen LogP contribution in [0.5, 0.6) is 0 Å². The van der Waals surface area contributed by atoms with Gasteiger partial charge in [0.05, 0.1) is 5.75 Å². The maximum atomic E-state index is 12.6. The topological polar surface area (TPSA) is 80.4 Å². The van der Waals surface area contributed by atoms with Crippen molar-refractivity contribution in [2.75, 3.05) is 5.75 Å². The lowest BCUT2D eigenvalue weighted by atomic mass is 10.1. The molecule has 0 saturated carbocycles. The van der Waals surface area contributed by atoms with E-state index in [9.17, 15) is 14.0 Å². The predicted molar refractivity (Wildman–Crippen MR) is 58.4 cm³/mol. The van der Waals surface area contributed by atoms with Crippen LogP contribution >= 0.6 is 11.8 Å². The summed E-state index contributed by atoms with van der Waals surface area (Å²) < 4.78 is 12.6. The van der Waals surface area contributed by atoms with Gasteiger partial charge in [-0.25, -0.2) is 4.39 Å². The molecule has 1 atom stereocenters. The normalized spacial score (nSPS) is 12.1. The van der Waals surface area contributed by atoms with E-state index in [4.69, 9.17) is 10.8 Å². The van der Waals surface area contributed by atoms with E-state index in [2.05, 4.69) is 0 Å². The van der Waals surface area contributed by atoms with Crippen molar-refractivity contribution in [2.45, 2.75) is 5.25 Å². The first-order valence-electron chi connectivity index (χ1n) is 4.39. The van der Waals surface area contributed by atoms with Crippen molar-refractivity contribution in [2.24, 2.45) is 5.73 Å². The number of carboxylic acid groups (broad SMARTS) is 1. The van der Waals surface area contributed by atoms with Crippen molar-refractivity contribution in [3.05, 3.63) is 35.6 Å². The fraction of sp³-hybridized carbons (Fsp3) is 0.200. The first-order chi connectivity index (χ1) is 7.50. The summed E-state index contributed by atoms with van der Waals surface area (Å²) in [5, 5.41) is 7.74. The van der Waals surface area contributed by atoms with Gasteiger partial charge in [0.15, 0.2) is 0 Å². The monoisotopic (exact) mass is 243 g/mol. The smallest absolute Gasteiger partial charge is 0.313 e. The second kappa shape index (κ2) is 5.50. The molecule has 0 bridgehead atoms. The highest BCUT2D eigenvalue weighted by molar-refractivity contribution is 8.00. The molecule has 6 heteroatoms. The lowest BCUT2D eigenvalue weighted by molar-refractivity contribution is -0.133. The number of benzene rings is 1. The van der Waals surface area contributed by atoms with Crippen LogP contribution in [0.1, 0.15) is 10.8 Å². The summed E-state index contributed by atoms with van der Waals surface area (Å²) in [6.07, 6.45) is 0. The first kappa shape index (κ1) is 12.5. The molecule has 0 aromatic heterocycles. The zero-order chi connectivity index (χ0) is 12.1. The van der Waals surface area contributed by atoms with Crippen molar-refractivity contribution < 1.29 is 19.1 Å².